The Morgan fingerprint density at radius 2 is 1.53 bits per heavy atom. The summed E-state index contributed by atoms with van der Waals surface area (Å²) in [6.07, 6.45) is 1.67. The third-order valence-corrected chi connectivity index (χ3v) is 5.86. The number of hydrogen-bond acceptors (Lipinski definition) is 4. The molecule has 0 bridgehead atoms. The van der Waals surface area contributed by atoms with E-state index in [4.69, 9.17) is 16.3 Å². The zero-order chi connectivity index (χ0) is 25.2. The van der Waals surface area contributed by atoms with Gasteiger partial charge in [0.15, 0.2) is 6.61 Å². The number of para-hydroxylation sites is 1. The molecule has 0 aliphatic carbocycles. The van der Waals surface area contributed by atoms with Gasteiger partial charge in [-0.05, 0) is 35.4 Å². The third kappa shape index (κ3) is 6.71. The van der Waals surface area contributed by atoms with E-state index in [0.717, 1.165) is 11.3 Å². The van der Waals surface area contributed by atoms with Crippen molar-refractivity contribution in [1.82, 2.24) is 15.2 Å². The minimum Gasteiger partial charge on any atom is -0.482 e. The number of pyridine rings is 1. The van der Waals surface area contributed by atoms with E-state index in [2.05, 4.69) is 10.3 Å². The highest BCUT2D eigenvalue weighted by atomic mass is 35.5. The molecule has 0 spiro atoms. The first-order valence-corrected chi connectivity index (χ1v) is 11.9. The topological polar surface area (TPSA) is 71.5 Å². The predicted octanol–water partition coefficient (Wildman–Crippen LogP) is 5.20. The molecule has 0 saturated carbocycles. The van der Waals surface area contributed by atoms with Crippen LogP contribution in [0.1, 0.15) is 22.9 Å². The Morgan fingerprint density at radius 1 is 0.861 bits per heavy atom. The van der Waals surface area contributed by atoms with Crippen LogP contribution in [0.25, 0.3) is 0 Å². The molecule has 3 aromatic carbocycles. The first-order chi connectivity index (χ1) is 17.6. The van der Waals surface area contributed by atoms with Crippen molar-refractivity contribution in [2.24, 2.45) is 0 Å². The van der Waals surface area contributed by atoms with Gasteiger partial charge >= 0.3 is 0 Å². The van der Waals surface area contributed by atoms with Gasteiger partial charge in [0, 0.05) is 12.7 Å². The van der Waals surface area contributed by atoms with Crippen LogP contribution in [0.5, 0.6) is 5.75 Å². The van der Waals surface area contributed by atoms with Gasteiger partial charge in [0.2, 0.25) is 5.91 Å². The van der Waals surface area contributed by atoms with Crippen molar-refractivity contribution >= 4 is 23.4 Å². The molecule has 182 valence electrons. The predicted molar refractivity (Wildman–Crippen MR) is 139 cm³/mol. The Hall–Kier alpha value is -4.16. The van der Waals surface area contributed by atoms with E-state index in [1.165, 1.54) is 4.90 Å². The fourth-order valence-corrected chi connectivity index (χ4v) is 3.96. The molecule has 4 rings (SSSR count). The number of rotatable bonds is 10. The highest BCUT2D eigenvalue weighted by Gasteiger charge is 2.32. The van der Waals surface area contributed by atoms with Crippen molar-refractivity contribution < 1.29 is 14.3 Å². The first kappa shape index (κ1) is 24.9. The van der Waals surface area contributed by atoms with E-state index in [1.54, 1.807) is 30.5 Å². The summed E-state index contributed by atoms with van der Waals surface area (Å²) in [6, 6.07) is 30.4. The average molecular weight is 500 g/mol. The molecule has 0 radical (unpaired) electrons. The smallest absolute Gasteiger partial charge is 0.261 e. The molecule has 1 heterocycles. The van der Waals surface area contributed by atoms with Crippen molar-refractivity contribution in [3.8, 4) is 5.75 Å². The normalized spacial score (nSPS) is 11.4. The SMILES string of the molecule is O=C(NCc1ccccn1)[C@H](c1ccccc1)N(Cc1ccccc1)C(=O)COc1ccccc1Cl. The molecule has 1 aromatic heterocycles. The van der Waals surface area contributed by atoms with Crippen LogP contribution in [0, 0.1) is 0 Å². The van der Waals surface area contributed by atoms with Crippen LogP contribution in [0.2, 0.25) is 5.02 Å². The standard InChI is InChI=1S/C29H26ClN3O3/c30-25-16-7-8-17-26(25)36-21-27(34)33(20-22-11-3-1-4-12-22)28(23-13-5-2-6-14-23)29(35)32-19-24-15-9-10-18-31-24/h1-18,28H,19-21H2,(H,32,35)/t28-/m0/s1. The highest BCUT2D eigenvalue weighted by molar-refractivity contribution is 6.32. The van der Waals surface area contributed by atoms with E-state index in [9.17, 15) is 9.59 Å². The first-order valence-electron chi connectivity index (χ1n) is 11.5. The van der Waals surface area contributed by atoms with Gasteiger partial charge < -0.3 is 15.0 Å². The van der Waals surface area contributed by atoms with Crippen LogP contribution < -0.4 is 10.1 Å². The Morgan fingerprint density at radius 3 is 2.22 bits per heavy atom. The molecule has 7 heteroatoms. The quantitative estimate of drug-likeness (QED) is 0.325. The second-order valence-electron chi connectivity index (χ2n) is 8.08. The zero-order valence-corrected chi connectivity index (χ0v) is 20.3. The molecule has 36 heavy (non-hydrogen) atoms. The van der Waals surface area contributed by atoms with Crippen molar-refractivity contribution in [1.29, 1.82) is 0 Å². The van der Waals surface area contributed by atoms with Gasteiger partial charge in [-0.2, -0.15) is 0 Å². The van der Waals surface area contributed by atoms with Crippen LogP contribution in [-0.2, 0) is 22.7 Å². The van der Waals surface area contributed by atoms with E-state index >= 15 is 0 Å². The summed E-state index contributed by atoms with van der Waals surface area (Å²) in [5.41, 5.74) is 2.31. The van der Waals surface area contributed by atoms with Crippen LogP contribution in [-0.4, -0.2) is 28.3 Å². The maximum absolute atomic E-state index is 13.6. The lowest BCUT2D eigenvalue weighted by Crippen LogP contribution is -2.45. The Bertz CT molecular complexity index is 1270. The Balaban J connectivity index is 1.62. The van der Waals surface area contributed by atoms with Crippen LogP contribution in [0.4, 0.5) is 0 Å². The molecule has 4 aromatic rings. The number of amides is 2. The molecule has 0 aliphatic rings. The van der Waals surface area contributed by atoms with Crippen molar-refractivity contribution in [2.75, 3.05) is 6.61 Å². The van der Waals surface area contributed by atoms with Gasteiger partial charge in [0.25, 0.3) is 5.91 Å². The Labute approximate surface area is 215 Å². The maximum Gasteiger partial charge on any atom is 0.261 e. The number of nitrogens with zero attached hydrogens (tertiary/aromatic N) is 2. The zero-order valence-electron chi connectivity index (χ0n) is 19.6. The largest absolute Gasteiger partial charge is 0.482 e. The summed E-state index contributed by atoms with van der Waals surface area (Å²) in [5.74, 6) is -0.252. The van der Waals surface area contributed by atoms with E-state index < -0.39 is 6.04 Å². The lowest BCUT2D eigenvalue weighted by atomic mass is 10.0. The van der Waals surface area contributed by atoms with Gasteiger partial charge in [-0.3, -0.25) is 14.6 Å². The lowest BCUT2D eigenvalue weighted by Gasteiger charge is -2.31. The van der Waals surface area contributed by atoms with Crippen molar-refractivity contribution in [2.45, 2.75) is 19.1 Å². The molecule has 1 atom stereocenters. The number of hydrogen-bond donors (Lipinski definition) is 1. The van der Waals surface area contributed by atoms with E-state index in [-0.39, 0.29) is 31.5 Å². The van der Waals surface area contributed by atoms with Gasteiger partial charge in [-0.25, -0.2) is 0 Å². The molecule has 0 saturated heterocycles. The molecule has 6 nitrogen and oxygen atoms in total. The number of carbonyl (C=O) groups is 2. The number of benzene rings is 3. The second-order valence-corrected chi connectivity index (χ2v) is 8.49. The molecule has 1 N–H and O–H groups in total. The lowest BCUT2D eigenvalue weighted by molar-refractivity contribution is -0.143. The Kier molecular flexibility index (Phi) is 8.67. The monoisotopic (exact) mass is 499 g/mol. The number of halogens is 1. The third-order valence-electron chi connectivity index (χ3n) is 5.55. The fourth-order valence-electron chi connectivity index (χ4n) is 3.77. The summed E-state index contributed by atoms with van der Waals surface area (Å²) in [7, 11) is 0. The van der Waals surface area contributed by atoms with E-state index in [0.29, 0.717) is 16.3 Å². The summed E-state index contributed by atoms with van der Waals surface area (Å²) < 4.78 is 5.75. The fraction of sp³-hybridized carbons (Fsp3) is 0.138. The summed E-state index contributed by atoms with van der Waals surface area (Å²) in [6.45, 7) is 0.196. The molecular weight excluding hydrogens is 474 g/mol. The minimum absolute atomic E-state index is 0.224. The summed E-state index contributed by atoms with van der Waals surface area (Å²) in [4.78, 5) is 33.0. The highest BCUT2D eigenvalue weighted by Crippen LogP contribution is 2.26. The summed E-state index contributed by atoms with van der Waals surface area (Å²) in [5, 5.41) is 3.35. The average Bonchev–Trinajstić information content (AvgIpc) is 2.92. The van der Waals surface area contributed by atoms with Crippen LogP contribution in [0.3, 0.4) is 0 Å². The van der Waals surface area contributed by atoms with Gasteiger partial charge in [-0.1, -0.05) is 90.5 Å². The van der Waals surface area contributed by atoms with Gasteiger partial charge in [0.05, 0.1) is 17.3 Å². The van der Waals surface area contributed by atoms with Crippen molar-refractivity contribution in [3.63, 3.8) is 0 Å². The number of carbonyl (C=O) groups excluding carboxylic acids is 2. The van der Waals surface area contributed by atoms with Gasteiger partial charge in [0.1, 0.15) is 11.8 Å². The molecule has 0 aliphatic heterocycles. The molecular formula is C29H26ClN3O3. The number of ether oxygens (including phenoxy) is 1. The summed E-state index contributed by atoms with van der Waals surface area (Å²) >= 11 is 6.21. The molecule has 0 unspecified atom stereocenters. The number of nitrogens with one attached hydrogen (secondary N) is 1. The minimum atomic E-state index is -0.877. The van der Waals surface area contributed by atoms with Gasteiger partial charge in [-0.15, -0.1) is 0 Å². The van der Waals surface area contributed by atoms with Crippen LogP contribution >= 0.6 is 11.6 Å². The number of aromatic nitrogens is 1. The van der Waals surface area contributed by atoms with Crippen LogP contribution in [0.15, 0.2) is 109 Å². The second kappa shape index (κ2) is 12.5. The van der Waals surface area contributed by atoms with Crippen molar-refractivity contribution in [3.05, 3.63) is 131 Å². The molecule has 2 amide bonds. The van der Waals surface area contributed by atoms with E-state index in [1.807, 2.05) is 78.9 Å². The maximum atomic E-state index is 13.6. The molecule has 0 fully saturated rings.